The monoisotopic (exact) mass is 347 g/mol. The van der Waals surface area contributed by atoms with E-state index in [1.54, 1.807) is 18.1 Å². The second kappa shape index (κ2) is 8.73. The molecule has 24 heavy (non-hydrogen) atoms. The van der Waals surface area contributed by atoms with Gasteiger partial charge < -0.3 is 9.64 Å². The molecule has 5 heteroatoms. The van der Waals surface area contributed by atoms with Gasteiger partial charge >= 0.3 is 0 Å². The molecule has 128 valence electrons. The molecule has 3 nitrogen and oxygen atoms in total. The molecule has 0 radical (unpaired) electrons. The topological polar surface area (TPSA) is 29.5 Å². The van der Waals surface area contributed by atoms with Crippen LogP contribution < -0.4 is 9.64 Å². The number of hydrogen-bond acceptors (Lipinski definition) is 3. The standard InChI is InChI=1S/C19H22FNO2S/c1-14(2)21(17-7-5-4-6-8-17)19(22)13-24-12-15-11-16(20)9-10-18(15)23-3/h4-11,14H,12-13H2,1-3H3. The minimum Gasteiger partial charge on any atom is -0.496 e. The smallest absolute Gasteiger partial charge is 0.237 e. The quantitative estimate of drug-likeness (QED) is 0.738. The van der Waals surface area contributed by atoms with Crippen molar-refractivity contribution < 1.29 is 13.9 Å². The van der Waals surface area contributed by atoms with Crippen molar-refractivity contribution in [1.82, 2.24) is 0 Å². The lowest BCUT2D eigenvalue weighted by molar-refractivity contribution is -0.116. The summed E-state index contributed by atoms with van der Waals surface area (Å²) in [5.74, 6) is 1.22. The third-order valence-corrected chi connectivity index (χ3v) is 4.51. The predicted molar refractivity (Wildman–Crippen MR) is 98.2 cm³/mol. The maximum atomic E-state index is 13.4. The highest BCUT2D eigenvalue weighted by atomic mass is 32.2. The average molecular weight is 347 g/mol. The molecule has 0 atom stereocenters. The summed E-state index contributed by atoms with van der Waals surface area (Å²) in [5.41, 5.74) is 1.65. The number of nitrogens with zero attached hydrogens (tertiary/aromatic N) is 1. The van der Waals surface area contributed by atoms with Gasteiger partial charge in [0.2, 0.25) is 5.91 Å². The number of hydrogen-bond donors (Lipinski definition) is 0. The van der Waals surface area contributed by atoms with Crippen LogP contribution in [0.2, 0.25) is 0 Å². The lowest BCUT2D eigenvalue weighted by Crippen LogP contribution is -2.38. The van der Waals surface area contributed by atoms with Gasteiger partial charge in [0.05, 0.1) is 12.9 Å². The van der Waals surface area contributed by atoms with E-state index in [0.717, 1.165) is 11.3 Å². The number of thioether (sulfide) groups is 1. The van der Waals surface area contributed by atoms with Crippen molar-refractivity contribution in [3.05, 3.63) is 59.9 Å². The van der Waals surface area contributed by atoms with Crippen molar-refractivity contribution in [2.45, 2.75) is 25.6 Å². The van der Waals surface area contributed by atoms with E-state index < -0.39 is 0 Å². The van der Waals surface area contributed by atoms with E-state index in [1.807, 2.05) is 44.2 Å². The van der Waals surface area contributed by atoms with Crippen molar-refractivity contribution in [1.29, 1.82) is 0 Å². The highest BCUT2D eigenvalue weighted by molar-refractivity contribution is 7.99. The van der Waals surface area contributed by atoms with Crippen LogP contribution in [0.4, 0.5) is 10.1 Å². The summed E-state index contributed by atoms with van der Waals surface area (Å²) in [7, 11) is 1.56. The van der Waals surface area contributed by atoms with E-state index in [9.17, 15) is 9.18 Å². The van der Waals surface area contributed by atoms with Crippen LogP contribution in [-0.4, -0.2) is 24.8 Å². The molecule has 2 aromatic rings. The van der Waals surface area contributed by atoms with Gasteiger partial charge in [0.25, 0.3) is 0 Å². The molecule has 0 unspecified atom stereocenters. The summed E-state index contributed by atoms with van der Waals surface area (Å²) in [4.78, 5) is 14.4. The van der Waals surface area contributed by atoms with Crippen LogP contribution in [0.5, 0.6) is 5.75 Å². The molecule has 0 heterocycles. The molecule has 0 aromatic heterocycles. The Hall–Kier alpha value is -2.01. The fraction of sp³-hybridized carbons (Fsp3) is 0.316. The van der Waals surface area contributed by atoms with Crippen LogP contribution in [0.25, 0.3) is 0 Å². The zero-order valence-electron chi connectivity index (χ0n) is 14.2. The van der Waals surface area contributed by atoms with Gasteiger partial charge in [-0.05, 0) is 44.2 Å². The summed E-state index contributed by atoms with van der Waals surface area (Å²) in [5, 5.41) is 0. The normalized spacial score (nSPS) is 10.7. The number of halogens is 1. The number of carbonyl (C=O) groups excluding carboxylic acids is 1. The molecule has 0 bridgehead atoms. The molecule has 0 saturated heterocycles. The number of para-hydroxylation sites is 1. The van der Waals surface area contributed by atoms with E-state index in [0.29, 0.717) is 17.3 Å². The van der Waals surface area contributed by atoms with Gasteiger partial charge in [0.15, 0.2) is 0 Å². The van der Waals surface area contributed by atoms with Crippen molar-refractivity contribution in [2.75, 3.05) is 17.8 Å². The first kappa shape index (κ1) is 18.3. The summed E-state index contributed by atoms with van der Waals surface area (Å²) >= 11 is 1.46. The van der Waals surface area contributed by atoms with Gasteiger partial charge in [-0.3, -0.25) is 4.79 Å². The van der Waals surface area contributed by atoms with E-state index in [1.165, 1.54) is 23.9 Å². The van der Waals surface area contributed by atoms with E-state index >= 15 is 0 Å². The maximum absolute atomic E-state index is 13.4. The van der Waals surface area contributed by atoms with Gasteiger partial charge in [-0.2, -0.15) is 0 Å². The van der Waals surface area contributed by atoms with Crippen molar-refractivity contribution >= 4 is 23.4 Å². The van der Waals surface area contributed by atoms with Crippen molar-refractivity contribution in [3.8, 4) is 5.75 Å². The Kier molecular flexibility index (Phi) is 6.67. The van der Waals surface area contributed by atoms with E-state index in [-0.39, 0.29) is 17.8 Å². The molecule has 0 N–H and O–H groups in total. The molecular formula is C19H22FNO2S. The molecule has 0 aliphatic rings. The molecule has 2 rings (SSSR count). The number of ether oxygens (including phenoxy) is 1. The highest BCUT2D eigenvalue weighted by Crippen LogP contribution is 2.25. The second-order valence-electron chi connectivity index (χ2n) is 5.64. The number of anilines is 1. The Morgan fingerprint density at radius 1 is 1.21 bits per heavy atom. The largest absolute Gasteiger partial charge is 0.496 e. The first-order valence-electron chi connectivity index (χ1n) is 7.80. The lowest BCUT2D eigenvalue weighted by Gasteiger charge is -2.26. The molecule has 0 saturated carbocycles. The second-order valence-corrected chi connectivity index (χ2v) is 6.63. The zero-order chi connectivity index (χ0) is 17.5. The molecule has 1 amide bonds. The van der Waals surface area contributed by atoms with Gasteiger partial charge in [0, 0.05) is 23.0 Å². The Balaban J connectivity index is 2.00. The van der Waals surface area contributed by atoms with Crippen LogP contribution in [0.1, 0.15) is 19.4 Å². The number of carbonyl (C=O) groups is 1. The summed E-state index contributed by atoms with van der Waals surface area (Å²) < 4.78 is 18.6. The highest BCUT2D eigenvalue weighted by Gasteiger charge is 2.18. The number of methoxy groups -OCH3 is 1. The molecule has 0 spiro atoms. The summed E-state index contributed by atoms with van der Waals surface area (Å²) in [6.45, 7) is 3.98. The molecule has 0 fully saturated rings. The minimum atomic E-state index is -0.300. The van der Waals surface area contributed by atoms with E-state index in [4.69, 9.17) is 4.74 Å². The van der Waals surface area contributed by atoms with Crippen LogP contribution in [0.15, 0.2) is 48.5 Å². The molecular weight excluding hydrogens is 325 g/mol. The van der Waals surface area contributed by atoms with Gasteiger partial charge in [-0.15, -0.1) is 11.8 Å². The summed E-state index contributed by atoms with van der Waals surface area (Å²) in [6, 6.07) is 14.1. The predicted octanol–water partition coefficient (Wildman–Crippen LogP) is 4.51. The molecule has 0 aliphatic carbocycles. The number of benzene rings is 2. The average Bonchev–Trinajstić information content (AvgIpc) is 2.56. The first-order valence-corrected chi connectivity index (χ1v) is 8.95. The van der Waals surface area contributed by atoms with Gasteiger partial charge in [-0.1, -0.05) is 18.2 Å². The van der Waals surface area contributed by atoms with Gasteiger partial charge in [0.1, 0.15) is 11.6 Å². The summed E-state index contributed by atoms with van der Waals surface area (Å²) in [6.07, 6.45) is 0. The van der Waals surface area contributed by atoms with Crippen molar-refractivity contribution in [2.24, 2.45) is 0 Å². The number of rotatable bonds is 7. The van der Waals surface area contributed by atoms with Crippen LogP contribution in [0.3, 0.4) is 0 Å². The zero-order valence-corrected chi connectivity index (χ0v) is 15.0. The third kappa shape index (κ3) is 4.74. The lowest BCUT2D eigenvalue weighted by atomic mass is 10.2. The fourth-order valence-corrected chi connectivity index (χ4v) is 3.36. The molecule has 0 aliphatic heterocycles. The Bertz CT molecular complexity index is 676. The Morgan fingerprint density at radius 3 is 2.54 bits per heavy atom. The Morgan fingerprint density at radius 2 is 1.92 bits per heavy atom. The van der Waals surface area contributed by atoms with Gasteiger partial charge in [-0.25, -0.2) is 4.39 Å². The molecule has 2 aromatic carbocycles. The van der Waals surface area contributed by atoms with Crippen LogP contribution in [-0.2, 0) is 10.5 Å². The van der Waals surface area contributed by atoms with Crippen molar-refractivity contribution in [3.63, 3.8) is 0 Å². The SMILES string of the molecule is COc1ccc(F)cc1CSCC(=O)N(c1ccccc1)C(C)C. The van der Waals surface area contributed by atoms with Crippen LogP contribution in [0, 0.1) is 5.82 Å². The minimum absolute atomic E-state index is 0.0385. The Labute approximate surface area is 146 Å². The number of amides is 1. The third-order valence-electron chi connectivity index (χ3n) is 3.55. The fourth-order valence-electron chi connectivity index (χ4n) is 2.50. The maximum Gasteiger partial charge on any atom is 0.237 e. The van der Waals surface area contributed by atoms with E-state index in [2.05, 4.69) is 0 Å². The van der Waals surface area contributed by atoms with Crippen LogP contribution >= 0.6 is 11.8 Å². The first-order chi connectivity index (χ1) is 11.5.